The van der Waals surface area contributed by atoms with Crippen LogP contribution >= 0.6 is 0 Å². The number of carbonyl (C=O) groups is 2. The zero-order valence-corrected chi connectivity index (χ0v) is 17.0. The minimum absolute atomic E-state index is 0.101. The van der Waals surface area contributed by atoms with Crippen molar-refractivity contribution in [2.24, 2.45) is 0 Å². The Balaban J connectivity index is 0. The summed E-state index contributed by atoms with van der Waals surface area (Å²) in [7, 11) is 1.44. The minimum Gasteiger partial charge on any atom is -0.481 e. The van der Waals surface area contributed by atoms with Crippen LogP contribution in [0.15, 0.2) is 12.2 Å². The van der Waals surface area contributed by atoms with Crippen molar-refractivity contribution in [3.8, 4) is 0 Å². The number of hydrogen-bond acceptors (Lipinski definition) is 4. The molecule has 0 rings (SSSR count). The Morgan fingerprint density at radius 2 is 1.54 bits per heavy atom. The van der Waals surface area contributed by atoms with Gasteiger partial charge in [-0.3, -0.25) is 9.59 Å². The molecule has 0 aromatic rings. The Morgan fingerprint density at radius 3 is 2.15 bits per heavy atom. The zero-order valence-electron chi connectivity index (χ0n) is 17.0. The van der Waals surface area contributed by atoms with E-state index in [4.69, 9.17) is 9.90 Å². The first-order chi connectivity index (χ1) is 12.4. The number of rotatable bonds is 15. The third-order valence-corrected chi connectivity index (χ3v) is 3.95. The van der Waals surface area contributed by atoms with Gasteiger partial charge in [0.2, 0.25) is 0 Å². The number of aliphatic hydroxyl groups excluding tert-OH is 1. The van der Waals surface area contributed by atoms with E-state index in [0.29, 0.717) is 6.42 Å². The van der Waals surface area contributed by atoms with E-state index in [2.05, 4.69) is 23.8 Å². The molecule has 1 atom stereocenters. The van der Waals surface area contributed by atoms with Crippen LogP contribution in [0.4, 0.5) is 0 Å². The quantitative estimate of drug-likeness (QED) is 0.233. The number of ether oxygens (including phenoxy) is 1. The van der Waals surface area contributed by atoms with Crippen LogP contribution in [0.25, 0.3) is 0 Å². The summed E-state index contributed by atoms with van der Waals surface area (Å²) in [6.45, 7) is 3.29. The summed E-state index contributed by atoms with van der Waals surface area (Å²) in [4.78, 5) is 19.9. The van der Waals surface area contributed by atoms with Gasteiger partial charge < -0.3 is 14.9 Å². The van der Waals surface area contributed by atoms with E-state index in [9.17, 15) is 9.90 Å². The monoisotopic (exact) mass is 372 g/mol. The zero-order chi connectivity index (χ0) is 20.0. The first-order valence-corrected chi connectivity index (χ1v) is 10.0. The maximum Gasteiger partial charge on any atom is 0.305 e. The number of carboxylic acids is 1. The maximum absolute atomic E-state index is 10.9. The second-order valence-corrected chi connectivity index (χ2v) is 6.61. The van der Waals surface area contributed by atoms with Crippen LogP contribution < -0.4 is 0 Å². The van der Waals surface area contributed by atoms with Gasteiger partial charge in [0, 0.05) is 13.3 Å². The van der Waals surface area contributed by atoms with Gasteiger partial charge in [-0.15, -0.1) is 0 Å². The van der Waals surface area contributed by atoms with E-state index >= 15 is 0 Å². The number of allylic oxidation sites excluding steroid dienone is 1. The highest BCUT2D eigenvalue weighted by molar-refractivity contribution is 5.68. The van der Waals surface area contributed by atoms with Crippen LogP contribution in [-0.2, 0) is 14.3 Å². The lowest BCUT2D eigenvalue weighted by atomic mass is 10.1. The normalized spacial score (nSPS) is 11.7. The van der Waals surface area contributed by atoms with Gasteiger partial charge in [0.25, 0.3) is 5.97 Å². The average Bonchev–Trinajstić information content (AvgIpc) is 2.59. The van der Waals surface area contributed by atoms with Crippen LogP contribution in [0.2, 0.25) is 0 Å². The molecule has 154 valence electrons. The molecule has 0 aromatic carbocycles. The summed E-state index contributed by atoms with van der Waals surface area (Å²) in [5, 5.41) is 17.2. The summed E-state index contributed by atoms with van der Waals surface area (Å²) in [6.07, 6.45) is 18.1. The molecule has 2 N–H and O–H groups in total. The fourth-order valence-electron chi connectivity index (χ4n) is 2.46. The highest BCUT2D eigenvalue weighted by atomic mass is 16.5. The molecule has 5 heteroatoms. The van der Waals surface area contributed by atoms with Crippen LogP contribution in [0.5, 0.6) is 0 Å². The lowest BCUT2D eigenvalue weighted by Gasteiger charge is -2.07. The van der Waals surface area contributed by atoms with E-state index in [1.54, 1.807) is 0 Å². The molecule has 0 aliphatic heterocycles. The van der Waals surface area contributed by atoms with Gasteiger partial charge in [-0.1, -0.05) is 64.0 Å². The lowest BCUT2D eigenvalue weighted by Crippen LogP contribution is -2.04. The minimum atomic E-state index is -0.833. The van der Waals surface area contributed by atoms with Gasteiger partial charge in [0.15, 0.2) is 0 Å². The number of methoxy groups -OCH3 is 1. The molecule has 5 nitrogen and oxygen atoms in total. The number of hydrogen-bond donors (Lipinski definition) is 2. The van der Waals surface area contributed by atoms with Crippen molar-refractivity contribution in [3.63, 3.8) is 0 Å². The van der Waals surface area contributed by atoms with Crippen molar-refractivity contribution in [2.45, 2.75) is 103 Å². The topological polar surface area (TPSA) is 83.8 Å². The van der Waals surface area contributed by atoms with Crippen molar-refractivity contribution in [3.05, 3.63) is 12.2 Å². The molecule has 0 amide bonds. The Hall–Kier alpha value is -1.36. The molecule has 26 heavy (non-hydrogen) atoms. The number of unbranched alkanes of at least 4 members (excludes halogenated alkanes) is 8. The number of carbonyl (C=O) groups excluding carboxylic acids is 1. The van der Waals surface area contributed by atoms with Gasteiger partial charge >= 0.3 is 5.97 Å². The van der Waals surface area contributed by atoms with Gasteiger partial charge in [0.05, 0.1) is 13.2 Å². The van der Waals surface area contributed by atoms with Crippen LogP contribution in [0.3, 0.4) is 0 Å². The first kappa shape index (κ1) is 26.9. The molecule has 0 heterocycles. The molecule has 0 aromatic heterocycles. The largest absolute Gasteiger partial charge is 0.481 e. The predicted molar refractivity (Wildman–Crippen MR) is 106 cm³/mol. The van der Waals surface area contributed by atoms with Gasteiger partial charge in [-0.2, -0.15) is 0 Å². The third kappa shape index (κ3) is 27.5. The standard InChI is InChI=1S/C19H36O3.C2H4O2/c1-3-4-5-12-15-18(20)16-13-10-8-6-7-9-11-14-17-19(21)22-2;1-2(3)4/h10,13,18,20H,3-9,11-12,14-17H2,1-2H3;1H3,(H,3,4)/b13-10-;. The van der Waals surface area contributed by atoms with E-state index < -0.39 is 5.97 Å². The summed E-state index contributed by atoms with van der Waals surface area (Å²) in [5.41, 5.74) is 0. The molecular formula is C21H40O5. The smallest absolute Gasteiger partial charge is 0.305 e. The highest BCUT2D eigenvalue weighted by Crippen LogP contribution is 2.10. The van der Waals surface area contributed by atoms with Crippen LogP contribution in [-0.4, -0.2) is 35.4 Å². The molecule has 0 saturated carbocycles. The lowest BCUT2D eigenvalue weighted by molar-refractivity contribution is -0.140. The van der Waals surface area contributed by atoms with Crippen LogP contribution in [0, 0.1) is 0 Å². The number of esters is 1. The Labute approximate surface area is 159 Å². The highest BCUT2D eigenvalue weighted by Gasteiger charge is 2.01. The summed E-state index contributed by atoms with van der Waals surface area (Å²) in [6, 6.07) is 0. The molecule has 0 radical (unpaired) electrons. The van der Waals surface area contributed by atoms with Gasteiger partial charge in [-0.05, 0) is 32.1 Å². The van der Waals surface area contributed by atoms with E-state index in [0.717, 1.165) is 45.4 Å². The van der Waals surface area contributed by atoms with E-state index in [1.807, 2.05) is 0 Å². The van der Waals surface area contributed by atoms with Crippen molar-refractivity contribution < 1.29 is 24.5 Å². The first-order valence-electron chi connectivity index (χ1n) is 10.0. The molecular weight excluding hydrogens is 332 g/mol. The molecule has 0 spiro atoms. The summed E-state index contributed by atoms with van der Waals surface area (Å²) < 4.78 is 4.61. The number of aliphatic carboxylic acids is 1. The van der Waals surface area contributed by atoms with Crippen molar-refractivity contribution in [1.29, 1.82) is 0 Å². The predicted octanol–water partition coefficient (Wildman–Crippen LogP) is 5.26. The fraction of sp³-hybridized carbons (Fsp3) is 0.810. The van der Waals surface area contributed by atoms with Crippen molar-refractivity contribution in [2.75, 3.05) is 7.11 Å². The Kier molecular flexibility index (Phi) is 22.4. The maximum atomic E-state index is 10.9. The SMILES string of the molecule is CC(=O)O.CCCCCCC(O)C/C=C\CCCCCCCC(=O)OC. The van der Waals surface area contributed by atoms with Crippen molar-refractivity contribution in [1.82, 2.24) is 0 Å². The van der Waals surface area contributed by atoms with Gasteiger partial charge in [0.1, 0.15) is 0 Å². The molecule has 0 fully saturated rings. The van der Waals surface area contributed by atoms with E-state index in [-0.39, 0.29) is 12.1 Å². The Morgan fingerprint density at radius 1 is 0.962 bits per heavy atom. The summed E-state index contributed by atoms with van der Waals surface area (Å²) >= 11 is 0. The average molecular weight is 373 g/mol. The summed E-state index contributed by atoms with van der Waals surface area (Å²) in [5.74, 6) is -0.934. The molecule has 0 bridgehead atoms. The Bertz CT molecular complexity index is 348. The number of aliphatic hydroxyl groups is 1. The molecule has 0 saturated heterocycles. The molecule has 0 aliphatic rings. The van der Waals surface area contributed by atoms with Crippen molar-refractivity contribution >= 4 is 11.9 Å². The number of carboxylic acid groups (broad SMARTS) is 1. The second-order valence-electron chi connectivity index (χ2n) is 6.61. The second kappa shape index (κ2) is 21.7. The van der Waals surface area contributed by atoms with Gasteiger partial charge in [-0.25, -0.2) is 0 Å². The third-order valence-electron chi connectivity index (χ3n) is 3.95. The fourth-order valence-corrected chi connectivity index (χ4v) is 2.46. The van der Waals surface area contributed by atoms with E-state index in [1.165, 1.54) is 45.6 Å². The molecule has 1 unspecified atom stereocenters. The van der Waals surface area contributed by atoms with Crippen LogP contribution in [0.1, 0.15) is 97.3 Å². The molecule has 0 aliphatic carbocycles.